The molecule has 2 aromatic carbocycles. The lowest BCUT2D eigenvalue weighted by Gasteiger charge is -2.11. The maximum absolute atomic E-state index is 14.3. The largest absolute Gasteiger partial charge is 0.321 e. The Morgan fingerprint density at radius 3 is 2.60 bits per heavy atom. The molecule has 0 radical (unpaired) electrons. The number of halogens is 2. The molecule has 4 rings (SSSR count). The molecular formula is C23H15BrFN3O2. The van der Waals surface area contributed by atoms with E-state index in [1.165, 1.54) is 6.07 Å². The summed E-state index contributed by atoms with van der Waals surface area (Å²) in [6.45, 7) is 3.44. The van der Waals surface area contributed by atoms with Crippen molar-refractivity contribution in [2.45, 2.75) is 13.8 Å². The van der Waals surface area contributed by atoms with Gasteiger partial charge in [0.2, 0.25) is 5.78 Å². The van der Waals surface area contributed by atoms with Crippen LogP contribution in [0.3, 0.4) is 0 Å². The summed E-state index contributed by atoms with van der Waals surface area (Å²) in [4.78, 5) is 25.9. The molecule has 0 unspecified atom stereocenters. The van der Waals surface area contributed by atoms with E-state index in [1.54, 1.807) is 60.9 Å². The molecule has 0 bridgehead atoms. The molecule has 1 N–H and O–H groups in total. The summed E-state index contributed by atoms with van der Waals surface area (Å²) in [5.41, 5.74) is 2.50. The van der Waals surface area contributed by atoms with E-state index in [-0.39, 0.29) is 16.7 Å². The lowest BCUT2D eigenvalue weighted by atomic mass is 9.95. The molecule has 5 nitrogen and oxygen atoms in total. The summed E-state index contributed by atoms with van der Waals surface area (Å²) in [7, 11) is 0. The standard InChI is InChI=1S/C23H15BrFN3O2/c1-12-9-15(13(2)28(12)20-6-4-3-5-18(20)25)22(29)17(11-26)21-16-10-14(24)7-8-19(16)27-23(21)30/h3-10H,1-2H3,(H,27,30)/b21-17+. The van der Waals surface area contributed by atoms with Crippen LogP contribution >= 0.6 is 15.9 Å². The fourth-order valence-corrected chi connectivity index (χ4v) is 4.10. The molecule has 0 spiro atoms. The zero-order valence-electron chi connectivity index (χ0n) is 16.1. The van der Waals surface area contributed by atoms with Crippen LogP contribution in [0.25, 0.3) is 11.3 Å². The number of benzene rings is 2. The van der Waals surface area contributed by atoms with Gasteiger partial charge in [-0.25, -0.2) is 4.39 Å². The molecule has 1 amide bonds. The molecule has 0 saturated heterocycles. The number of amides is 1. The number of nitrogens with one attached hydrogen (secondary N) is 1. The van der Waals surface area contributed by atoms with E-state index >= 15 is 0 Å². The Bertz CT molecular complexity index is 1310. The van der Waals surface area contributed by atoms with Gasteiger partial charge in [0, 0.05) is 32.7 Å². The van der Waals surface area contributed by atoms with Crippen molar-refractivity contribution in [2.75, 3.05) is 5.32 Å². The Balaban J connectivity index is 1.89. The number of aromatic nitrogens is 1. The average molecular weight is 464 g/mol. The number of aryl methyl sites for hydroxylation is 1. The van der Waals surface area contributed by atoms with Crippen LogP contribution in [-0.4, -0.2) is 16.3 Å². The topological polar surface area (TPSA) is 74.9 Å². The fraction of sp³-hybridized carbons (Fsp3) is 0.0870. The summed E-state index contributed by atoms with van der Waals surface area (Å²) >= 11 is 3.35. The zero-order chi connectivity index (χ0) is 21.6. The highest BCUT2D eigenvalue weighted by molar-refractivity contribution is 9.10. The molecule has 1 aliphatic rings. The second-order valence-electron chi connectivity index (χ2n) is 6.91. The molecule has 0 aliphatic carbocycles. The maximum Gasteiger partial charge on any atom is 0.257 e. The van der Waals surface area contributed by atoms with Crippen molar-refractivity contribution < 1.29 is 14.0 Å². The molecule has 0 fully saturated rings. The van der Waals surface area contributed by atoms with Gasteiger partial charge < -0.3 is 9.88 Å². The van der Waals surface area contributed by atoms with Gasteiger partial charge in [-0.05, 0) is 50.2 Å². The first-order valence-corrected chi connectivity index (χ1v) is 9.87. The summed E-state index contributed by atoms with van der Waals surface area (Å²) in [6.07, 6.45) is 0. The Labute approximate surface area is 180 Å². The predicted octanol–water partition coefficient (Wildman–Crippen LogP) is 5.11. The van der Waals surface area contributed by atoms with Gasteiger partial charge in [-0.2, -0.15) is 5.26 Å². The molecule has 0 atom stereocenters. The Morgan fingerprint density at radius 2 is 1.90 bits per heavy atom. The van der Waals surface area contributed by atoms with Crippen LogP contribution in [0.4, 0.5) is 10.1 Å². The number of nitrogens with zero attached hydrogens (tertiary/aromatic N) is 2. The number of ketones is 1. The highest BCUT2D eigenvalue weighted by Gasteiger charge is 2.32. The highest BCUT2D eigenvalue weighted by Crippen LogP contribution is 2.37. The van der Waals surface area contributed by atoms with Crippen molar-refractivity contribution in [3.63, 3.8) is 0 Å². The van der Waals surface area contributed by atoms with Crippen molar-refractivity contribution >= 4 is 38.9 Å². The van der Waals surface area contributed by atoms with Crippen LogP contribution < -0.4 is 5.32 Å². The van der Waals surface area contributed by atoms with Gasteiger partial charge in [0.1, 0.15) is 17.5 Å². The predicted molar refractivity (Wildman–Crippen MR) is 115 cm³/mol. The second kappa shape index (κ2) is 7.39. The minimum Gasteiger partial charge on any atom is -0.321 e. The van der Waals surface area contributed by atoms with E-state index in [0.717, 1.165) is 4.47 Å². The molecule has 7 heteroatoms. The molecule has 148 valence electrons. The Kier molecular flexibility index (Phi) is 4.88. The van der Waals surface area contributed by atoms with Gasteiger partial charge >= 0.3 is 0 Å². The molecule has 3 aromatic rings. The number of rotatable bonds is 3. The third kappa shape index (κ3) is 3.06. The zero-order valence-corrected chi connectivity index (χ0v) is 17.7. The van der Waals surface area contributed by atoms with Crippen molar-refractivity contribution in [3.05, 3.63) is 86.9 Å². The van der Waals surface area contributed by atoms with Crippen molar-refractivity contribution in [1.29, 1.82) is 5.26 Å². The molecule has 1 aromatic heterocycles. The normalized spacial score (nSPS) is 14.2. The summed E-state index contributed by atoms with van der Waals surface area (Å²) in [5, 5.41) is 12.5. The highest BCUT2D eigenvalue weighted by atomic mass is 79.9. The number of allylic oxidation sites excluding steroid dienone is 1. The first kappa shape index (κ1) is 19.8. The van der Waals surface area contributed by atoms with Crippen molar-refractivity contribution in [1.82, 2.24) is 4.57 Å². The van der Waals surface area contributed by atoms with Gasteiger partial charge in [-0.3, -0.25) is 9.59 Å². The second-order valence-corrected chi connectivity index (χ2v) is 7.82. The summed E-state index contributed by atoms with van der Waals surface area (Å²) < 4.78 is 16.7. The lowest BCUT2D eigenvalue weighted by molar-refractivity contribution is -0.110. The molecule has 2 heterocycles. The number of nitriles is 1. The van der Waals surface area contributed by atoms with Crippen LogP contribution in [0, 0.1) is 31.0 Å². The lowest BCUT2D eigenvalue weighted by Crippen LogP contribution is -2.12. The number of hydrogen-bond donors (Lipinski definition) is 1. The van der Waals surface area contributed by atoms with Crippen LogP contribution in [0.1, 0.15) is 27.3 Å². The number of hydrogen-bond acceptors (Lipinski definition) is 3. The van der Waals surface area contributed by atoms with E-state index in [4.69, 9.17) is 0 Å². The SMILES string of the molecule is Cc1cc(C(=O)/C(C#N)=C2/C(=O)Nc3ccc(Br)cc32)c(C)n1-c1ccccc1F. The third-order valence-electron chi connectivity index (χ3n) is 5.08. The first-order valence-electron chi connectivity index (χ1n) is 9.07. The number of carbonyl (C=O) groups is 2. The third-order valence-corrected chi connectivity index (χ3v) is 5.58. The molecular weight excluding hydrogens is 449 g/mol. The monoisotopic (exact) mass is 463 g/mol. The maximum atomic E-state index is 14.3. The minimum absolute atomic E-state index is 0.0366. The number of carbonyl (C=O) groups excluding carboxylic acids is 2. The van der Waals surface area contributed by atoms with Gasteiger partial charge in [-0.1, -0.05) is 28.1 Å². The van der Waals surface area contributed by atoms with E-state index in [0.29, 0.717) is 28.3 Å². The summed E-state index contributed by atoms with van der Waals surface area (Å²) in [6, 6.07) is 14.9. The van der Waals surface area contributed by atoms with Crippen molar-refractivity contribution in [2.24, 2.45) is 0 Å². The van der Waals surface area contributed by atoms with Gasteiger partial charge in [0.05, 0.1) is 11.3 Å². The van der Waals surface area contributed by atoms with Gasteiger partial charge in [-0.15, -0.1) is 0 Å². The fourth-order valence-electron chi connectivity index (χ4n) is 3.74. The quantitative estimate of drug-likeness (QED) is 0.333. The van der Waals surface area contributed by atoms with E-state index in [1.807, 2.05) is 6.07 Å². The number of para-hydroxylation sites is 1. The van der Waals surface area contributed by atoms with Crippen LogP contribution in [0.5, 0.6) is 0 Å². The molecule has 30 heavy (non-hydrogen) atoms. The van der Waals surface area contributed by atoms with E-state index in [9.17, 15) is 19.2 Å². The summed E-state index contributed by atoms with van der Waals surface area (Å²) in [5.74, 6) is -1.51. The van der Waals surface area contributed by atoms with Gasteiger partial charge in [0.15, 0.2) is 0 Å². The van der Waals surface area contributed by atoms with E-state index < -0.39 is 17.5 Å². The van der Waals surface area contributed by atoms with Crippen LogP contribution in [0.2, 0.25) is 0 Å². The Hall–Kier alpha value is -3.50. The number of anilines is 1. The number of fused-ring (bicyclic) bond motifs is 1. The first-order chi connectivity index (χ1) is 14.3. The average Bonchev–Trinajstić information content (AvgIpc) is 3.19. The van der Waals surface area contributed by atoms with Crippen molar-refractivity contribution in [3.8, 4) is 11.8 Å². The molecule has 0 saturated carbocycles. The number of Topliss-reactive ketones (excluding diaryl/α,β-unsaturated/α-hetero) is 1. The van der Waals surface area contributed by atoms with Crippen LogP contribution in [-0.2, 0) is 4.79 Å². The van der Waals surface area contributed by atoms with E-state index in [2.05, 4.69) is 21.2 Å². The van der Waals surface area contributed by atoms with Crippen LogP contribution in [0.15, 0.2) is 58.6 Å². The minimum atomic E-state index is -0.578. The molecule has 1 aliphatic heterocycles. The smallest absolute Gasteiger partial charge is 0.257 e. The Morgan fingerprint density at radius 1 is 1.17 bits per heavy atom. The van der Waals surface area contributed by atoms with Gasteiger partial charge in [0.25, 0.3) is 5.91 Å².